The average Bonchev–Trinajstić information content (AvgIpc) is 2.82. The Labute approximate surface area is 219 Å². The summed E-state index contributed by atoms with van der Waals surface area (Å²) in [5, 5.41) is 5.02. The van der Waals surface area contributed by atoms with Crippen LogP contribution in [0.5, 0.6) is 5.75 Å². The molecule has 0 atom stereocenters. The number of nitrogens with one attached hydrogen (secondary N) is 1. The maximum Gasteiger partial charge on any atom is 0.255 e. The normalized spacial score (nSPS) is 11.7. The Morgan fingerprint density at radius 2 is 1.71 bits per heavy atom. The van der Waals surface area contributed by atoms with Crippen LogP contribution in [0.3, 0.4) is 0 Å². The van der Waals surface area contributed by atoms with Gasteiger partial charge in [-0.3, -0.25) is 4.79 Å². The summed E-state index contributed by atoms with van der Waals surface area (Å²) in [6.45, 7) is 1.67. The van der Waals surface area contributed by atoms with Crippen molar-refractivity contribution in [2.45, 2.75) is 18.4 Å². The maximum absolute atomic E-state index is 13.4. The van der Waals surface area contributed by atoms with E-state index < -0.39 is 22.5 Å². The van der Waals surface area contributed by atoms with E-state index in [0.717, 1.165) is 4.31 Å². The number of hydrazone groups is 1. The zero-order chi connectivity index (χ0) is 25.4. The molecule has 0 bridgehead atoms. The smallest absolute Gasteiger partial charge is 0.255 e. The second-order valence-electron chi connectivity index (χ2n) is 7.23. The number of ether oxygens (including phenoxy) is 1. The monoisotopic (exact) mass is 553 g/mol. The van der Waals surface area contributed by atoms with E-state index in [-0.39, 0.29) is 16.5 Å². The lowest BCUT2D eigenvalue weighted by molar-refractivity contribution is -0.121. The third-order valence-corrected chi connectivity index (χ3v) is 7.39. The molecule has 0 aliphatic rings. The molecule has 0 aliphatic carbocycles. The van der Waals surface area contributed by atoms with Crippen LogP contribution in [0.4, 0.5) is 0 Å². The van der Waals surface area contributed by atoms with E-state index in [9.17, 15) is 13.2 Å². The molecule has 0 spiro atoms. The molecular formula is C24H22Cl3N3O4S. The van der Waals surface area contributed by atoms with Crippen LogP contribution in [-0.2, 0) is 21.4 Å². The summed E-state index contributed by atoms with van der Waals surface area (Å²) in [6.07, 6.45) is 1.43. The highest BCUT2D eigenvalue weighted by Gasteiger charge is 2.27. The van der Waals surface area contributed by atoms with Crippen molar-refractivity contribution in [2.24, 2.45) is 5.10 Å². The summed E-state index contributed by atoms with van der Waals surface area (Å²) in [6, 6.07) is 17.6. The van der Waals surface area contributed by atoms with Crippen molar-refractivity contribution in [2.75, 3.05) is 13.2 Å². The molecule has 184 valence electrons. The molecule has 0 saturated carbocycles. The molecular weight excluding hydrogens is 533 g/mol. The molecule has 3 aromatic rings. The Morgan fingerprint density at radius 3 is 2.40 bits per heavy atom. The van der Waals surface area contributed by atoms with E-state index in [1.807, 2.05) is 19.1 Å². The molecule has 35 heavy (non-hydrogen) atoms. The average molecular weight is 555 g/mol. The molecule has 0 saturated heterocycles. The molecule has 7 nitrogen and oxygen atoms in total. The number of nitrogens with zero attached hydrogens (tertiary/aromatic N) is 2. The van der Waals surface area contributed by atoms with Gasteiger partial charge in [0.1, 0.15) is 5.75 Å². The predicted octanol–water partition coefficient (Wildman–Crippen LogP) is 5.39. The fourth-order valence-electron chi connectivity index (χ4n) is 3.06. The third kappa shape index (κ3) is 7.43. The standard InChI is InChI=1S/C24H22Cl3N3O4S/c1-2-34-23-6-4-3-5-17(23)14-28-29-24(31)16-30(15-18-7-8-20(26)13-22(18)27)35(32,33)21-11-9-19(25)10-12-21/h3-14H,2,15-16H2,1H3,(H,29,31)/b28-14-. The van der Waals surface area contributed by atoms with Gasteiger partial charge >= 0.3 is 0 Å². The van der Waals surface area contributed by atoms with Crippen molar-refractivity contribution in [3.63, 3.8) is 0 Å². The molecule has 0 unspecified atom stereocenters. The lowest BCUT2D eigenvalue weighted by Gasteiger charge is -2.22. The van der Waals surface area contributed by atoms with Crippen molar-refractivity contribution < 1.29 is 17.9 Å². The van der Waals surface area contributed by atoms with E-state index in [1.54, 1.807) is 24.3 Å². The minimum Gasteiger partial charge on any atom is -0.493 e. The molecule has 0 fully saturated rings. The Morgan fingerprint density at radius 1 is 1.03 bits per heavy atom. The molecule has 0 aliphatic heterocycles. The first-order valence-corrected chi connectivity index (χ1v) is 13.0. The van der Waals surface area contributed by atoms with Gasteiger partial charge in [-0.05, 0) is 61.0 Å². The second-order valence-corrected chi connectivity index (χ2v) is 10.4. The third-order valence-electron chi connectivity index (χ3n) is 4.74. The quantitative estimate of drug-likeness (QED) is 0.269. The molecule has 0 radical (unpaired) electrons. The van der Waals surface area contributed by atoms with Gasteiger partial charge in [-0.25, -0.2) is 13.8 Å². The van der Waals surface area contributed by atoms with E-state index >= 15 is 0 Å². The number of para-hydroxylation sites is 1. The highest BCUT2D eigenvalue weighted by molar-refractivity contribution is 7.89. The van der Waals surface area contributed by atoms with Gasteiger partial charge in [-0.1, -0.05) is 53.0 Å². The van der Waals surface area contributed by atoms with Gasteiger partial charge in [-0.15, -0.1) is 0 Å². The lowest BCUT2D eigenvalue weighted by Crippen LogP contribution is -2.39. The highest BCUT2D eigenvalue weighted by atomic mass is 35.5. The summed E-state index contributed by atoms with van der Waals surface area (Å²) < 4.78 is 33.2. The number of halogens is 3. The van der Waals surface area contributed by atoms with Crippen LogP contribution in [-0.4, -0.2) is 38.0 Å². The van der Waals surface area contributed by atoms with Gasteiger partial charge in [0.2, 0.25) is 10.0 Å². The number of hydrogen-bond donors (Lipinski definition) is 1. The fraction of sp³-hybridized carbons (Fsp3) is 0.167. The van der Waals surface area contributed by atoms with Gasteiger partial charge < -0.3 is 4.74 Å². The van der Waals surface area contributed by atoms with E-state index in [1.165, 1.54) is 36.5 Å². The largest absolute Gasteiger partial charge is 0.493 e. The Hall–Kier alpha value is -2.62. The van der Waals surface area contributed by atoms with Crippen LogP contribution < -0.4 is 10.2 Å². The van der Waals surface area contributed by atoms with Gasteiger partial charge in [0.15, 0.2) is 0 Å². The fourth-order valence-corrected chi connectivity index (χ4v) is 5.03. The van der Waals surface area contributed by atoms with Crippen molar-refractivity contribution in [3.8, 4) is 5.75 Å². The summed E-state index contributed by atoms with van der Waals surface area (Å²) in [5.41, 5.74) is 3.51. The Kier molecular flexibility index (Phi) is 9.54. The molecule has 3 aromatic carbocycles. The zero-order valence-electron chi connectivity index (χ0n) is 18.6. The van der Waals surface area contributed by atoms with E-state index in [0.29, 0.717) is 33.5 Å². The van der Waals surface area contributed by atoms with Crippen LogP contribution in [0.2, 0.25) is 15.1 Å². The van der Waals surface area contributed by atoms with Gasteiger partial charge in [0, 0.05) is 27.2 Å². The van der Waals surface area contributed by atoms with Gasteiger partial charge in [-0.2, -0.15) is 9.41 Å². The SMILES string of the molecule is CCOc1ccccc1/C=N\NC(=O)CN(Cc1ccc(Cl)cc1Cl)S(=O)(=O)c1ccc(Cl)cc1. The van der Waals surface area contributed by atoms with Crippen molar-refractivity contribution in [1.29, 1.82) is 0 Å². The number of benzene rings is 3. The molecule has 1 N–H and O–H groups in total. The van der Waals surface area contributed by atoms with Gasteiger partial charge in [0.25, 0.3) is 5.91 Å². The molecule has 0 aromatic heterocycles. The number of rotatable bonds is 10. The molecule has 1 amide bonds. The van der Waals surface area contributed by atoms with Crippen molar-refractivity contribution >= 4 is 56.9 Å². The van der Waals surface area contributed by atoms with E-state index in [4.69, 9.17) is 39.5 Å². The van der Waals surface area contributed by atoms with E-state index in [2.05, 4.69) is 10.5 Å². The summed E-state index contributed by atoms with van der Waals surface area (Å²) >= 11 is 18.1. The summed E-state index contributed by atoms with van der Waals surface area (Å²) in [4.78, 5) is 12.7. The van der Waals surface area contributed by atoms with Crippen LogP contribution in [0.1, 0.15) is 18.1 Å². The minimum atomic E-state index is -4.08. The first-order valence-electron chi connectivity index (χ1n) is 10.4. The minimum absolute atomic E-state index is 0.0195. The summed E-state index contributed by atoms with van der Waals surface area (Å²) in [5.74, 6) is -0.0323. The molecule has 11 heteroatoms. The first kappa shape index (κ1) is 27.0. The van der Waals surface area contributed by atoms with Crippen LogP contribution in [0.15, 0.2) is 76.7 Å². The zero-order valence-corrected chi connectivity index (χ0v) is 21.7. The number of amides is 1. The number of carbonyl (C=O) groups excluding carboxylic acids is 1. The number of sulfonamides is 1. The molecule has 0 heterocycles. The molecule has 3 rings (SSSR count). The maximum atomic E-state index is 13.4. The van der Waals surface area contributed by atoms with Crippen LogP contribution >= 0.6 is 34.8 Å². The van der Waals surface area contributed by atoms with Crippen molar-refractivity contribution in [1.82, 2.24) is 9.73 Å². The van der Waals surface area contributed by atoms with Crippen molar-refractivity contribution in [3.05, 3.63) is 92.9 Å². The number of carbonyl (C=O) groups is 1. The first-order chi connectivity index (χ1) is 16.7. The van der Waals surface area contributed by atoms with Crippen LogP contribution in [0, 0.1) is 0 Å². The Balaban J connectivity index is 1.82. The highest BCUT2D eigenvalue weighted by Crippen LogP contribution is 2.26. The second kappa shape index (κ2) is 12.4. The predicted molar refractivity (Wildman–Crippen MR) is 139 cm³/mol. The van der Waals surface area contributed by atoms with Gasteiger partial charge in [0.05, 0.1) is 24.3 Å². The Bertz CT molecular complexity index is 1320. The lowest BCUT2D eigenvalue weighted by atomic mass is 10.2. The van der Waals surface area contributed by atoms with Crippen LogP contribution in [0.25, 0.3) is 0 Å². The topological polar surface area (TPSA) is 88.1 Å². The number of hydrogen-bond acceptors (Lipinski definition) is 5. The summed E-state index contributed by atoms with van der Waals surface area (Å²) in [7, 11) is -4.08.